The summed E-state index contributed by atoms with van der Waals surface area (Å²) in [5, 5.41) is 18.4. The van der Waals surface area contributed by atoms with Gasteiger partial charge in [0.2, 0.25) is 0 Å². The van der Waals surface area contributed by atoms with Crippen LogP contribution in [0.15, 0.2) is 6.07 Å². The first kappa shape index (κ1) is 15.2. The summed E-state index contributed by atoms with van der Waals surface area (Å²) in [6.45, 7) is 3.37. The number of phenols is 2. The summed E-state index contributed by atoms with van der Waals surface area (Å²) in [6, 6.07) is 1.23. The summed E-state index contributed by atoms with van der Waals surface area (Å²) in [5.74, 6) is 0.00519. The Morgan fingerprint density at radius 2 is 1.62 bits per heavy atom. The first-order valence-corrected chi connectivity index (χ1v) is 3.27. The van der Waals surface area contributed by atoms with Crippen molar-refractivity contribution in [3.8, 4) is 11.5 Å². The van der Waals surface area contributed by atoms with Gasteiger partial charge in [-0.2, -0.15) is 0 Å². The molecule has 1 rings (SSSR count). The summed E-state index contributed by atoms with van der Waals surface area (Å²) in [7, 11) is 0. The summed E-state index contributed by atoms with van der Waals surface area (Å²) < 4.78 is 0. The van der Waals surface area contributed by atoms with Gasteiger partial charge in [-0.1, -0.05) is 5.69 Å². The molecule has 0 unspecified atom stereocenters. The second kappa shape index (κ2) is 5.45. The molecular weight excluding hydrogens is 243 g/mol. The fourth-order valence-corrected chi connectivity index (χ4v) is 0.885. The van der Waals surface area contributed by atoms with Gasteiger partial charge in [0.15, 0.2) is 0 Å². The summed E-state index contributed by atoms with van der Waals surface area (Å²) in [5.41, 5.74) is 8.34. The number of aromatic hydroxyl groups is 2. The van der Waals surface area contributed by atoms with Crippen LogP contribution in [0.3, 0.4) is 0 Å². The van der Waals surface area contributed by atoms with Crippen LogP contribution in [0, 0.1) is 21.3 Å². The number of rotatable bonds is 0. The molecule has 1 radical (unpaired) electrons. The number of benzene rings is 1. The maximum absolute atomic E-state index is 9.21. The average Bonchev–Trinajstić information content (AvgIpc) is 1.97. The molecule has 0 saturated heterocycles. The van der Waals surface area contributed by atoms with E-state index in [0.29, 0.717) is 11.1 Å². The van der Waals surface area contributed by atoms with Crippen LogP contribution in [0.1, 0.15) is 11.1 Å². The molecule has 0 atom stereocenters. The van der Waals surface area contributed by atoms with Gasteiger partial charge in [-0.25, -0.2) is 0 Å². The molecule has 0 heterocycles. The van der Waals surface area contributed by atoms with Crippen molar-refractivity contribution in [2.24, 2.45) is 0 Å². The maximum Gasteiger partial charge on any atom is 0.117 e. The number of nitrogens with one attached hydrogen (secondary N) is 1. The van der Waals surface area contributed by atoms with E-state index in [0.717, 1.165) is 0 Å². The molecule has 0 saturated carbocycles. The molecule has 71 valence electrons. The molecule has 1 aromatic rings. The smallest absolute Gasteiger partial charge is 0.117 e. The maximum atomic E-state index is 9.21. The van der Waals surface area contributed by atoms with Crippen molar-refractivity contribution in [2.45, 2.75) is 13.8 Å². The van der Waals surface area contributed by atoms with Crippen molar-refractivity contribution in [1.82, 2.24) is 0 Å². The quantitative estimate of drug-likeness (QED) is 0.426. The van der Waals surface area contributed by atoms with E-state index in [1.807, 2.05) is 0 Å². The third-order valence-corrected chi connectivity index (χ3v) is 1.84. The van der Waals surface area contributed by atoms with E-state index in [9.17, 15) is 10.2 Å². The average molecular weight is 256 g/mol. The molecule has 4 heteroatoms. The Kier molecular flexibility index (Phi) is 6.38. The Morgan fingerprint density at radius 1 is 1.15 bits per heavy atom. The van der Waals surface area contributed by atoms with E-state index in [-0.39, 0.29) is 57.3 Å². The zero-order valence-corrected chi connectivity index (χ0v) is 10.9. The monoisotopic (exact) mass is 256 g/mol. The zero-order valence-electron chi connectivity index (χ0n) is 8.05. The van der Waals surface area contributed by atoms with Gasteiger partial charge in [0, 0.05) is 32.7 Å². The molecule has 3 nitrogen and oxygen atoms in total. The normalized spacial score (nSPS) is 8.46. The van der Waals surface area contributed by atoms with Crippen molar-refractivity contribution in [3.05, 3.63) is 30.4 Å². The molecule has 0 fully saturated rings. The molecular formula is C9H13NO2Y-2. The molecule has 13 heavy (non-hydrogen) atoms. The van der Waals surface area contributed by atoms with Crippen LogP contribution in [0.4, 0.5) is 5.69 Å². The Labute approximate surface area is 104 Å². The molecule has 0 aliphatic rings. The van der Waals surface area contributed by atoms with Crippen molar-refractivity contribution in [2.75, 3.05) is 0 Å². The molecule has 0 aliphatic carbocycles. The second-order valence-corrected chi connectivity index (χ2v) is 2.54. The summed E-state index contributed by atoms with van der Waals surface area (Å²) >= 11 is 0. The number of phenolic OH excluding ortho intramolecular Hbond substituents is 2. The van der Waals surface area contributed by atoms with Gasteiger partial charge in [0.05, 0.1) is 0 Å². The van der Waals surface area contributed by atoms with Gasteiger partial charge >= 0.3 is 0 Å². The van der Waals surface area contributed by atoms with Gasteiger partial charge in [-0.15, -0.1) is 0 Å². The second-order valence-electron chi connectivity index (χ2n) is 2.54. The van der Waals surface area contributed by atoms with Crippen molar-refractivity contribution in [3.63, 3.8) is 0 Å². The largest absolute Gasteiger partial charge is 0.696 e. The van der Waals surface area contributed by atoms with E-state index in [1.165, 1.54) is 6.07 Å². The van der Waals surface area contributed by atoms with E-state index in [4.69, 9.17) is 5.73 Å². The molecule has 0 bridgehead atoms. The van der Waals surface area contributed by atoms with E-state index in [1.54, 1.807) is 13.8 Å². The minimum atomic E-state index is -0.0553. The van der Waals surface area contributed by atoms with Gasteiger partial charge in [-0.3, -0.25) is 0 Å². The van der Waals surface area contributed by atoms with Gasteiger partial charge in [0.25, 0.3) is 0 Å². The van der Waals surface area contributed by atoms with E-state index >= 15 is 0 Å². The first-order chi connectivity index (χ1) is 5.04. The standard InChI is InChI=1S/C8H10NO2.CH3.Y/c1-4-5(2)8(11)6(9)3-7(4)10;;/h3,9-11H,1-2H3;1H3;/q2*-1;. The summed E-state index contributed by atoms with van der Waals surface area (Å²) in [6.07, 6.45) is 0. The predicted molar refractivity (Wildman–Crippen MR) is 49.6 cm³/mol. The molecule has 3 N–H and O–H groups in total. The first-order valence-electron chi connectivity index (χ1n) is 3.27. The molecule has 0 aliphatic heterocycles. The Bertz CT molecular complexity index is 274. The van der Waals surface area contributed by atoms with Crippen molar-refractivity contribution < 1.29 is 42.9 Å². The Morgan fingerprint density at radius 3 is 2.08 bits per heavy atom. The minimum Gasteiger partial charge on any atom is -0.696 e. The van der Waals surface area contributed by atoms with Gasteiger partial charge in [-0.05, 0) is 31.0 Å². The van der Waals surface area contributed by atoms with Crippen LogP contribution in [-0.4, -0.2) is 10.2 Å². The van der Waals surface area contributed by atoms with Gasteiger partial charge < -0.3 is 23.4 Å². The van der Waals surface area contributed by atoms with Crippen molar-refractivity contribution in [1.29, 1.82) is 0 Å². The predicted octanol–water partition coefficient (Wildman–Crippen LogP) is 2.85. The van der Waals surface area contributed by atoms with E-state index < -0.39 is 0 Å². The third-order valence-electron chi connectivity index (χ3n) is 1.84. The Hall–Kier alpha value is -0.276. The van der Waals surface area contributed by atoms with Crippen LogP contribution in [0.25, 0.3) is 5.73 Å². The van der Waals surface area contributed by atoms with Crippen LogP contribution in [-0.2, 0) is 32.7 Å². The molecule has 0 amide bonds. The number of hydrogen-bond donors (Lipinski definition) is 2. The minimum absolute atomic E-state index is 0. The Balaban J connectivity index is 0. The van der Waals surface area contributed by atoms with Crippen molar-refractivity contribution >= 4 is 5.69 Å². The third kappa shape index (κ3) is 2.85. The molecule has 1 aromatic carbocycles. The SMILES string of the molecule is Cc1c(O)cc([NH-])c(O)c1C.[CH3-].[Y]. The fraction of sp³-hybridized carbons (Fsp3) is 0.222. The summed E-state index contributed by atoms with van der Waals surface area (Å²) in [4.78, 5) is 0. The number of hydrogen-bond acceptors (Lipinski definition) is 2. The molecule has 0 spiro atoms. The topological polar surface area (TPSA) is 64.3 Å². The fourth-order valence-electron chi connectivity index (χ4n) is 0.885. The van der Waals surface area contributed by atoms with Crippen LogP contribution in [0.5, 0.6) is 11.5 Å². The van der Waals surface area contributed by atoms with E-state index in [2.05, 4.69) is 0 Å². The van der Waals surface area contributed by atoms with Crippen LogP contribution >= 0.6 is 0 Å². The molecule has 0 aromatic heterocycles. The zero-order chi connectivity index (χ0) is 8.59. The van der Waals surface area contributed by atoms with Gasteiger partial charge in [0.1, 0.15) is 11.5 Å². The van der Waals surface area contributed by atoms with Crippen LogP contribution < -0.4 is 0 Å². The van der Waals surface area contributed by atoms with Crippen LogP contribution in [0.2, 0.25) is 0 Å².